The number of methoxy groups -OCH3 is 1. The number of rotatable bonds is 9. The molecule has 0 unspecified atom stereocenters. The highest BCUT2D eigenvalue weighted by molar-refractivity contribution is 7.80. The fourth-order valence-corrected chi connectivity index (χ4v) is 3.16. The number of carbonyl (C=O) groups is 2. The number of nitrogens with one attached hydrogen (secondary N) is 1. The number of anilines is 1. The van der Waals surface area contributed by atoms with Crippen LogP contribution in [0.1, 0.15) is 15.9 Å². The summed E-state index contributed by atoms with van der Waals surface area (Å²) in [4.78, 5) is 38.5. The maximum atomic E-state index is 12.2. The number of carbonyl (C=O) groups excluding carboxylic acids is 2. The zero-order valence-electron chi connectivity index (χ0n) is 18.6. The van der Waals surface area contributed by atoms with E-state index in [-0.39, 0.29) is 19.0 Å². The summed E-state index contributed by atoms with van der Waals surface area (Å²) in [5.41, 5.74) is 6.13. The Bertz CT molecular complexity index is 1270. The number of esters is 2. The first-order valence-electron chi connectivity index (χ1n) is 9.80. The molecule has 0 saturated carbocycles. The molecule has 0 aliphatic rings. The molecule has 190 valence electrons. The number of nitrogens with zero attached hydrogens (tertiary/aromatic N) is 2. The number of nitrogens with two attached hydrogens (primary N) is 1. The maximum absolute atomic E-state index is 12.2. The summed E-state index contributed by atoms with van der Waals surface area (Å²) in [5, 5.41) is 15.6. The van der Waals surface area contributed by atoms with E-state index in [2.05, 4.69) is 39.9 Å². The molecule has 12 nitrogen and oxygen atoms in total. The van der Waals surface area contributed by atoms with Gasteiger partial charge in [-0.3, -0.25) is 5.10 Å². The van der Waals surface area contributed by atoms with Crippen molar-refractivity contribution in [2.24, 2.45) is 0 Å². The van der Waals surface area contributed by atoms with Crippen LogP contribution in [0.15, 0.2) is 53.4 Å². The molecule has 0 bridgehead atoms. The largest absolute Gasteiger partial charge is 0.493 e. The minimum Gasteiger partial charge on any atom is -0.493 e. The number of aromatic amines is 1. The Balaban J connectivity index is 0.000000558. The molecule has 3 rings (SSSR count). The van der Waals surface area contributed by atoms with E-state index in [1.165, 1.54) is 30.6 Å². The summed E-state index contributed by atoms with van der Waals surface area (Å²) in [5.74, 6) is -0.748. The zero-order valence-corrected chi connectivity index (χ0v) is 21.1. The van der Waals surface area contributed by atoms with E-state index in [1.807, 2.05) is 0 Å². The Morgan fingerprint density at radius 3 is 2.50 bits per heavy atom. The van der Waals surface area contributed by atoms with Gasteiger partial charge in [-0.1, -0.05) is 17.4 Å². The minimum absolute atomic E-state index is 0.212. The van der Waals surface area contributed by atoms with Crippen LogP contribution in [0.5, 0.6) is 11.5 Å². The Morgan fingerprint density at radius 2 is 1.94 bits per heavy atom. The molecule has 3 aromatic rings. The minimum atomic E-state index is -0.972. The summed E-state index contributed by atoms with van der Waals surface area (Å²) >= 11 is 10.1. The highest BCUT2D eigenvalue weighted by Crippen LogP contribution is 2.29. The van der Waals surface area contributed by atoms with Gasteiger partial charge in [0.15, 0.2) is 15.5 Å². The van der Waals surface area contributed by atoms with Crippen molar-refractivity contribution >= 4 is 59.3 Å². The third-order valence-electron chi connectivity index (χ3n) is 3.88. The summed E-state index contributed by atoms with van der Waals surface area (Å²) in [6, 6.07) is 11.2. The first kappa shape index (κ1) is 28.3. The quantitative estimate of drug-likeness (QED) is 0.0516. The maximum Gasteiger partial charge on any atom is 0.343 e. The summed E-state index contributed by atoms with van der Waals surface area (Å²) < 4.78 is 16.0. The molecule has 1 aromatic heterocycles. The summed E-state index contributed by atoms with van der Waals surface area (Å²) in [6.45, 7) is -0.603. The van der Waals surface area contributed by atoms with E-state index in [9.17, 15) is 19.7 Å². The van der Waals surface area contributed by atoms with Gasteiger partial charge in [-0.2, -0.15) is 0 Å². The molecular formula is C21H20N4O8S3. The predicted molar refractivity (Wildman–Crippen MR) is 136 cm³/mol. The van der Waals surface area contributed by atoms with Crippen LogP contribution in [0.25, 0.3) is 6.08 Å². The van der Waals surface area contributed by atoms with Crippen LogP contribution < -0.4 is 15.2 Å². The molecule has 0 radical (unpaired) electrons. The van der Waals surface area contributed by atoms with Crippen LogP contribution in [0, 0.1) is 14.1 Å². The standard InChI is InChI=1S/C19H17NO8S.C2H3N3S2/c1-25-17-12-13(3-9-18(21)26-10-11-27-20(23)24)2-8-16(17)28-19(22)14-4-6-15(29)7-5-14;3-1-4-5-2(6)7-1/h2-9,12,29H,10-11H2,1H3;(H2,3,4)(H,5,6)/b9-3+;. The van der Waals surface area contributed by atoms with Crippen LogP contribution in [-0.4, -0.2) is 47.5 Å². The van der Waals surface area contributed by atoms with Crippen molar-refractivity contribution in [3.63, 3.8) is 0 Å². The molecule has 0 aliphatic carbocycles. The van der Waals surface area contributed by atoms with Crippen LogP contribution in [0.2, 0.25) is 0 Å². The lowest BCUT2D eigenvalue weighted by molar-refractivity contribution is -0.757. The van der Waals surface area contributed by atoms with Gasteiger partial charge in [-0.25, -0.2) is 9.59 Å². The number of nitrogen functional groups attached to an aromatic ring is 1. The van der Waals surface area contributed by atoms with Crippen molar-refractivity contribution in [1.82, 2.24) is 10.2 Å². The van der Waals surface area contributed by atoms with Gasteiger partial charge in [0.1, 0.15) is 13.2 Å². The van der Waals surface area contributed by atoms with E-state index in [1.54, 1.807) is 36.4 Å². The van der Waals surface area contributed by atoms with Gasteiger partial charge in [-0.15, -0.1) is 27.8 Å². The second-order valence-corrected chi connectivity index (χ2v) is 8.57. The smallest absolute Gasteiger partial charge is 0.343 e. The number of benzene rings is 2. The second kappa shape index (κ2) is 14.4. The first-order chi connectivity index (χ1) is 17.2. The van der Waals surface area contributed by atoms with Crippen LogP contribution >= 0.6 is 36.2 Å². The van der Waals surface area contributed by atoms with Crippen LogP contribution in [0.4, 0.5) is 5.13 Å². The number of hydrogen-bond acceptors (Lipinski definition) is 13. The van der Waals surface area contributed by atoms with Gasteiger partial charge >= 0.3 is 11.9 Å². The molecule has 0 aliphatic heterocycles. The number of thiol groups is 1. The lowest BCUT2D eigenvalue weighted by Crippen LogP contribution is -2.11. The third-order valence-corrected chi connectivity index (χ3v) is 5.10. The molecule has 1 heterocycles. The molecule has 3 N–H and O–H groups in total. The van der Waals surface area contributed by atoms with E-state index in [4.69, 9.17) is 19.9 Å². The van der Waals surface area contributed by atoms with Crippen molar-refractivity contribution in [1.29, 1.82) is 0 Å². The molecule has 0 amide bonds. The van der Waals surface area contributed by atoms with E-state index < -0.39 is 17.0 Å². The van der Waals surface area contributed by atoms with Gasteiger partial charge in [0, 0.05) is 11.0 Å². The lowest BCUT2D eigenvalue weighted by Gasteiger charge is -2.10. The predicted octanol–water partition coefficient (Wildman–Crippen LogP) is 3.75. The Morgan fingerprint density at radius 1 is 1.22 bits per heavy atom. The fraction of sp³-hybridized carbons (Fsp3) is 0.143. The average molecular weight is 553 g/mol. The summed E-state index contributed by atoms with van der Waals surface area (Å²) in [7, 11) is 1.42. The Labute approximate surface area is 219 Å². The van der Waals surface area contributed by atoms with Gasteiger partial charge < -0.3 is 24.8 Å². The SMILES string of the molecule is COc1cc(/C=C/C(=O)OCCO[N+](=O)[O-])ccc1OC(=O)c1ccc(S)cc1.Nc1n[nH]c(=S)s1. The van der Waals surface area contributed by atoms with E-state index in [0.717, 1.165) is 11.0 Å². The highest BCUT2D eigenvalue weighted by Gasteiger charge is 2.12. The van der Waals surface area contributed by atoms with Crippen molar-refractivity contribution in [2.75, 3.05) is 26.1 Å². The van der Waals surface area contributed by atoms with Gasteiger partial charge in [0.25, 0.3) is 5.09 Å². The van der Waals surface area contributed by atoms with E-state index >= 15 is 0 Å². The average Bonchev–Trinajstić information content (AvgIpc) is 3.24. The van der Waals surface area contributed by atoms with Gasteiger partial charge in [-0.05, 0) is 60.3 Å². The molecule has 0 spiro atoms. The molecule has 15 heteroatoms. The van der Waals surface area contributed by atoms with E-state index in [0.29, 0.717) is 26.0 Å². The molecule has 0 saturated heterocycles. The zero-order chi connectivity index (χ0) is 26.5. The third kappa shape index (κ3) is 10.1. The number of aromatic nitrogens is 2. The monoisotopic (exact) mass is 552 g/mol. The number of H-pyrrole nitrogens is 1. The fourth-order valence-electron chi connectivity index (χ4n) is 2.34. The lowest BCUT2D eigenvalue weighted by atomic mass is 10.2. The Kier molecular flexibility index (Phi) is 11.4. The molecule has 2 aromatic carbocycles. The van der Waals surface area contributed by atoms with Crippen molar-refractivity contribution in [3.8, 4) is 11.5 Å². The topological polar surface area (TPSA) is 169 Å². The first-order valence-corrected chi connectivity index (χ1v) is 11.5. The second-order valence-electron chi connectivity index (χ2n) is 6.36. The van der Waals surface area contributed by atoms with Crippen LogP contribution in [-0.2, 0) is 14.4 Å². The van der Waals surface area contributed by atoms with Crippen LogP contribution in [0.3, 0.4) is 0 Å². The van der Waals surface area contributed by atoms with Crippen molar-refractivity contribution in [2.45, 2.75) is 4.90 Å². The van der Waals surface area contributed by atoms with Crippen molar-refractivity contribution < 1.29 is 33.7 Å². The number of ether oxygens (including phenoxy) is 3. The Hall–Kier alpha value is -3.95. The van der Waals surface area contributed by atoms with Gasteiger partial charge in [0.2, 0.25) is 5.13 Å². The van der Waals surface area contributed by atoms with Gasteiger partial charge in [0.05, 0.1) is 12.7 Å². The summed E-state index contributed by atoms with van der Waals surface area (Å²) in [6.07, 6.45) is 2.60. The molecule has 36 heavy (non-hydrogen) atoms. The highest BCUT2D eigenvalue weighted by atomic mass is 32.1. The normalized spacial score (nSPS) is 10.2. The molecule has 0 atom stereocenters. The number of hydrogen-bond donors (Lipinski definition) is 3. The molecule has 0 fully saturated rings. The molecular weight excluding hydrogens is 532 g/mol. The van der Waals surface area contributed by atoms with Crippen molar-refractivity contribution in [3.05, 3.63) is 73.7 Å².